The van der Waals surface area contributed by atoms with Crippen LogP contribution in [0, 0.1) is 0 Å². The Labute approximate surface area is 224 Å². The summed E-state index contributed by atoms with van der Waals surface area (Å²) in [5.74, 6) is -0.327. The summed E-state index contributed by atoms with van der Waals surface area (Å²) in [5.41, 5.74) is 4.36. The summed E-state index contributed by atoms with van der Waals surface area (Å²) >= 11 is 6.33. The van der Waals surface area contributed by atoms with Crippen molar-refractivity contribution in [2.75, 3.05) is 7.11 Å². The van der Waals surface area contributed by atoms with E-state index in [9.17, 15) is 14.7 Å². The van der Waals surface area contributed by atoms with Gasteiger partial charge < -0.3 is 20.1 Å². The molecule has 0 saturated carbocycles. The molecule has 1 aromatic heterocycles. The number of nitrogens with one attached hydrogen (secondary N) is 2. The summed E-state index contributed by atoms with van der Waals surface area (Å²) in [5, 5.41) is 13.5. The highest BCUT2D eigenvalue weighted by atomic mass is 35.5. The first-order valence-corrected chi connectivity index (χ1v) is 12.3. The van der Waals surface area contributed by atoms with Crippen molar-refractivity contribution in [3.8, 4) is 28.3 Å². The van der Waals surface area contributed by atoms with Gasteiger partial charge in [-0.05, 0) is 66.6 Å². The van der Waals surface area contributed by atoms with Crippen LogP contribution in [0.2, 0.25) is 5.02 Å². The van der Waals surface area contributed by atoms with Crippen molar-refractivity contribution in [3.05, 3.63) is 107 Å². The molecule has 0 radical (unpaired) electrons. The lowest BCUT2D eigenvalue weighted by molar-refractivity contribution is 0.0697. The first-order valence-electron chi connectivity index (χ1n) is 11.9. The third-order valence-corrected chi connectivity index (χ3v) is 6.62. The van der Waals surface area contributed by atoms with Crippen LogP contribution in [0.25, 0.3) is 33.5 Å². The zero-order chi connectivity index (χ0) is 26.8. The molecule has 1 atom stereocenters. The van der Waals surface area contributed by atoms with Gasteiger partial charge in [-0.2, -0.15) is 0 Å². The fourth-order valence-electron chi connectivity index (χ4n) is 4.51. The summed E-state index contributed by atoms with van der Waals surface area (Å²) in [4.78, 5) is 33.4. The van der Waals surface area contributed by atoms with Gasteiger partial charge in [0.2, 0.25) is 0 Å². The molecule has 8 heteroatoms. The van der Waals surface area contributed by atoms with Crippen molar-refractivity contribution >= 4 is 34.5 Å². The van der Waals surface area contributed by atoms with E-state index in [-0.39, 0.29) is 17.2 Å². The maximum Gasteiger partial charge on any atom is 0.336 e. The number of H-pyrrole nitrogens is 1. The molecule has 0 aliphatic heterocycles. The third kappa shape index (κ3) is 4.84. The molecule has 3 N–H and O–H groups in total. The van der Waals surface area contributed by atoms with Gasteiger partial charge in [0.1, 0.15) is 11.6 Å². The zero-order valence-corrected chi connectivity index (χ0v) is 21.4. The van der Waals surface area contributed by atoms with Crippen LogP contribution in [0.5, 0.6) is 5.75 Å². The van der Waals surface area contributed by atoms with Gasteiger partial charge in [-0.3, -0.25) is 4.79 Å². The van der Waals surface area contributed by atoms with Crippen LogP contribution in [0.1, 0.15) is 39.2 Å². The predicted octanol–water partition coefficient (Wildman–Crippen LogP) is 6.75. The van der Waals surface area contributed by atoms with E-state index in [2.05, 4.69) is 15.3 Å². The van der Waals surface area contributed by atoms with Gasteiger partial charge in [0.15, 0.2) is 0 Å². The average molecular weight is 526 g/mol. The molecule has 0 bridgehead atoms. The molecule has 5 aromatic rings. The van der Waals surface area contributed by atoms with E-state index in [0.717, 1.165) is 16.6 Å². The van der Waals surface area contributed by atoms with Gasteiger partial charge in [-0.15, -0.1) is 0 Å². The molecule has 0 saturated heterocycles. The number of aromatic carboxylic acids is 1. The minimum Gasteiger partial charge on any atom is -0.496 e. The van der Waals surface area contributed by atoms with Crippen LogP contribution < -0.4 is 10.1 Å². The molecule has 1 amide bonds. The van der Waals surface area contributed by atoms with Gasteiger partial charge in [-0.25, -0.2) is 9.78 Å². The highest BCUT2D eigenvalue weighted by Crippen LogP contribution is 2.36. The second-order valence-corrected chi connectivity index (χ2v) is 9.23. The number of methoxy groups -OCH3 is 1. The van der Waals surface area contributed by atoms with Crippen molar-refractivity contribution < 1.29 is 19.4 Å². The largest absolute Gasteiger partial charge is 0.496 e. The van der Waals surface area contributed by atoms with Crippen LogP contribution in [-0.4, -0.2) is 34.1 Å². The minimum absolute atomic E-state index is 0.0257. The number of carbonyl (C=O) groups excluding carboxylic acids is 1. The number of amides is 1. The van der Waals surface area contributed by atoms with Crippen LogP contribution in [0.3, 0.4) is 0 Å². The van der Waals surface area contributed by atoms with Crippen LogP contribution >= 0.6 is 11.6 Å². The Balaban J connectivity index is 1.53. The van der Waals surface area contributed by atoms with Gasteiger partial charge in [-0.1, -0.05) is 48.0 Å². The molecule has 0 spiro atoms. The van der Waals surface area contributed by atoms with Crippen molar-refractivity contribution in [1.82, 2.24) is 15.3 Å². The second-order valence-electron chi connectivity index (χ2n) is 8.80. The minimum atomic E-state index is -1.16. The van der Waals surface area contributed by atoms with Gasteiger partial charge in [0.05, 0.1) is 29.7 Å². The van der Waals surface area contributed by atoms with Crippen molar-refractivity contribution in [3.63, 3.8) is 0 Å². The Morgan fingerprint density at radius 3 is 2.45 bits per heavy atom. The fourth-order valence-corrected chi connectivity index (χ4v) is 4.68. The zero-order valence-electron chi connectivity index (χ0n) is 20.7. The number of hydrogen-bond acceptors (Lipinski definition) is 4. The number of aromatic amines is 1. The lowest BCUT2D eigenvalue weighted by atomic mass is 9.93. The SMILES string of the molecule is COc1ccccc1[C@@H](C)NC(=O)c1ccc(-c2cc(Cl)ccc2-c2nc3ccccc3[nH]2)c(C(=O)O)c1. The first kappa shape index (κ1) is 25.0. The summed E-state index contributed by atoms with van der Waals surface area (Å²) in [7, 11) is 1.57. The molecule has 0 aliphatic carbocycles. The number of nitrogens with zero attached hydrogens (tertiary/aromatic N) is 1. The molecule has 4 aromatic carbocycles. The van der Waals surface area contributed by atoms with Crippen molar-refractivity contribution in [1.29, 1.82) is 0 Å². The number of imidazole rings is 1. The van der Waals surface area contributed by atoms with E-state index in [1.54, 1.807) is 37.4 Å². The van der Waals surface area contributed by atoms with Gasteiger partial charge in [0, 0.05) is 21.7 Å². The Hall–Kier alpha value is -4.62. The normalized spacial score (nSPS) is 11.8. The number of hydrogen-bond donors (Lipinski definition) is 3. The topological polar surface area (TPSA) is 104 Å². The molecular formula is C30H24ClN3O4. The number of benzene rings is 4. The lowest BCUT2D eigenvalue weighted by Gasteiger charge is -2.18. The van der Waals surface area contributed by atoms with Crippen LogP contribution in [0.4, 0.5) is 0 Å². The fraction of sp³-hybridized carbons (Fsp3) is 0.100. The van der Waals surface area contributed by atoms with E-state index in [1.807, 2.05) is 55.5 Å². The Bertz CT molecular complexity index is 1640. The highest BCUT2D eigenvalue weighted by molar-refractivity contribution is 6.31. The van der Waals surface area contributed by atoms with Crippen molar-refractivity contribution in [2.24, 2.45) is 0 Å². The summed E-state index contributed by atoms with van der Waals surface area (Å²) < 4.78 is 5.40. The molecular weight excluding hydrogens is 502 g/mol. The predicted molar refractivity (Wildman–Crippen MR) is 148 cm³/mol. The first-order chi connectivity index (χ1) is 18.4. The van der Waals surface area contributed by atoms with E-state index >= 15 is 0 Å². The Morgan fingerprint density at radius 2 is 1.68 bits per heavy atom. The number of fused-ring (bicyclic) bond motifs is 1. The standard InChI is InChI=1S/C30H24ClN3O4/c1-17(20-7-3-6-10-27(20)38-2)32-29(35)18-11-13-21(24(15-18)30(36)37)23-16-19(31)12-14-22(23)28-33-25-8-4-5-9-26(25)34-28/h3-17H,1-2H3,(H,32,35)(H,33,34)(H,36,37)/t17-/m1/s1. The van der Waals surface area contributed by atoms with E-state index in [0.29, 0.717) is 33.3 Å². The monoisotopic (exact) mass is 525 g/mol. The molecule has 5 rings (SSSR count). The van der Waals surface area contributed by atoms with Gasteiger partial charge >= 0.3 is 5.97 Å². The lowest BCUT2D eigenvalue weighted by Crippen LogP contribution is -2.27. The molecule has 1 heterocycles. The summed E-state index contributed by atoms with van der Waals surface area (Å²) in [6.45, 7) is 1.84. The second kappa shape index (κ2) is 10.4. The van der Waals surface area contributed by atoms with Gasteiger partial charge in [0.25, 0.3) is 5.91 Å². The quantitative estimate of drug-likeness (QED) is 0.218. The van der Waals surface area contributed by atoms with Crippen molar-refractivity contribution in [2.45, 2.75) is 13.0 Å². The molecule has 190 valence electrons. The smallest absolute Gasteiger partial charge is 0.336 e. The van der Waals surface area contributed by atoms with E-state index in [1.165, 1.54) is 6.07 Å². The Morgan fingerprint density at radius 1 is 0.947 bits per heavy atom. The number of carbonyl (C=O) groups is 2. The average Bonchev–Trinajstić information content (AvgIpc) is 3.36. The number of halogens is 1. The number of carboxylic acids is 1. The van der Waals surface area contributed by atoms with E-state index in [4.69, 9.17) is 16.3 Å². The molecule has 0 aliphatic rings. The number of rotatable bonds is 7. The third-order valence-electron chi connectivity index (χ3n) is 6.38. The van der Waals surface area contributed by atoms with Crippen LogP contribution in [0.15, 0.2) is 84.9 Å². The number of para-hydroxylation sites is 3. The maximum absolute atomic E-state index is 13.1. The summed E-state index contributed by atoms with van der Waals surface area (Å²) in [6, 6.07) is 24.5. The highest BCUT2D eigenvalue weighted by Gasteiger charge is 2.21. The molecule has 0 fully saturated rings. The summed E-state index contributed by atoms with van der Waals surface area (Å²) in [6.07, 6.45) is 0. The molecule has 38 heavy (non-hydrogen) atoms. The molecule has 7 nitrogen and oxygen atoms in total. The van der Waals surface area contributed by atoms with E-state index < -0.39 is 11.9 Å². The van der Waals surface area contributed by atoms with Crippen LogP contribution in [-0.2, 0) is 0 Å². The number of carboxylic acid groups (broad SMARTS) is 1. The Kier molecular flexibility index (Phi) is 6.85. The number of ether oxygens (including phenoxy) is 1. The maximum atomic E-state index is 13.1. The number of aromatic nitrogens is 2. The molecule has 0 unspecified atom stereocenters.